The fourth-order valence-electron chi connectivity index (χ4n) is 1.54. The summed E-state index contributed by atoms with van der Waals surface area (Å²) in [5.41, 5.74) is 0.480. The van der Waals surface area contributed by atoms with Gasteiger partial charge in [0, 0.05) is 30.3 Å². The molecule has 1 aliphatic heterocycles. The monoisotopic (exact) mass is 318 g/mol. The van der Waals surface area contributed by atoms with E-state index in [1.807, 2.05) is 11.8 Å². The zero-order valence-corrected chi connectivity index (χ0v) is 11.5. The van der Waals surface area contributed by atoms with Crippen molar-refractivity contribution in [3.63, 3.8) is 0 Å². The van der Waals surface area contributed by atoms with Crippen LogP contribution < -0.4 is 5.32 Å². The molecule has 1 aromatic rings. The number of hydrogen-bond acceptors (Lipinski definition) is 2. The van der Waals surface area contributed by atoms with Gasteiger partial charge >= 0.3 is 6.03 Å². The molecule has 1 aromatic carbocycles. The molecule has 2 amide bonds. The number of nitrogens with zero attached hydrogens (tertiary/aromatic N) is 1. The van der Waals surface area contributed by atoms with E-state index in [2.05, 4.69) is 21.2 Å². The number of rotatable bonds is 1. The van der Waals surface area contributed by atoms with Crippen molar-refractivity contribution in [1.29, 1.82) is 0 Å². The zero-order valence-electron chi connectivity index (χ0n) is 9.08. The van der Waals surface area contributed by atoms with Crippen LogP contribution in [0, 0.1) is 5.82 Å². The molecule has 1 N–H and O–H groups in total. The molecular formula is C11H12BrFN2OS. The largest absolute Gasteiger partial charge is 0.323 e. The molecule has 0 unspecified atom stereocenters. The second kappa shape index (κ2) is 5.73. The quantitative estimate of drug-likeness (QED) is 0.862. The van der Waals surface area contributed by atoms with Gasteiger partial charge in [-0.3, -0.25) is 0 Å². The molecule has 6 heteroatoms. The molecule has 1 aliphatic rings. The highest BCUT2D eigenvalue weighted by atomic mass is 79.9. The van der Waals surface area contributed by atoms with Gasteiger partial charge < -0.3 is 10.2 Å². The standard InChI is InChI=1S/C11H12BrFN2OS/c12-9-2-1-8(7-10(9)13)14-11(16)15-3-5-17-6-4-15/h1-2,7H,3-6H2,(H,14,16). The first-order chi connectivity index (χ1) is 8.16. The van der Waals surface area contributed by atoms with Crippen LogP contribution in [0.15, 0.2) is 22.7 Å². The summed E-state index contributed by atoms with van der Waals surface area (Å²) in [6.07, 6.45) is 0. The van der Waals surface area contributed by atoms with Crippen molar-refractivity contribution >= 4 is 39.4 Å². The second-order valence-electron chi connectivity index (χ2n) is 3.66. The Kier molecular flexibility index (Phi) is 4.28. The molecule has 2 rings (SSSR count). The van der Waals surface area contributed by atoms with Crippen LogP contribution in [0.5, 0.6) is 0 Å². The lowest BCUT2D eigenvalue weighted by Crippen LogP contribution is -2.40. The molecule has 0 atom stereocenters. The number of amides is 2. The van der Waals surface area contributed by atoms with E-state index in [9.17, 15) is 9.18 Å². The zero-order chi connectivity index (χ0) is 12.3. The van der Waals surface area contributed by atoms with Crippen LogP contribution in [-0.4, -0.2) is 35.5 Å². The lowest BCUT2D eigenvalue weighted by atomic mass is 10.3. The van der Waals surface area contributed by atoms with Crippen molar-refractivity contribution in [1.82, 2.24) is 4.90 Å². The summed E-state index contributed by atoms with van der Waals surface area (Å²) in [6.45, 7) is 1.49. The molecule has 1 heterocycles. The number of urea groups is 1. The van der Waals surface area contributed by atoms with E-state index in [1.54, 1.807) is 17.0 Å². The lowest BCUT2D eigenvalue weighted by Gasteiger charge is -2.26. The van der Waals surface area contributed by atoms with Crippen LogP contribution in [-0.2, 0) is 0 Å². The first kappa shape index (κ1) is 12.7. The van der Waals surface area contributed by atoms with Gasteiger partial charge in [-0.1, -0.05) is 0 Å². The molecule has 0 saturated carbocycles. The Morgan fingerprint density at radius 1 is 1.41 bits per heavy atom. The van der Waals surface area contributed by atoms with Crippen LogP contribution in [0.1, 0.15) is 0 Å². The average Bonchev–Trinajstić information content (AvgIpc) is 2.35. The van der Waals surface area contributed by atoms with Crippen molar-refractivity contribution in [2.75, 3.05) is 29.9 Å². The Balaban J connectivity index is 1.99. The second-order valence-corrected chi connectivity index (χ2v) is 5.74. The average molecular weight is 319 g/mol. The van der Waals surface area contributed by atoms with E-state index in [0.29, 0.717) is 10.2 Å². The van der Waals surface area contributed by atoms with Crippen molar-refractivity contribution in [3.8, 4) is 0 Å². The van der Waals surface area contributed by atoms with Gasteiger partial charge in [0.2, 0.25) is 0 Å². The molecule has 0 bridgehead atoms. The molecule has 0 spiro atoms. The highest BCUT2D eigenvalue weighted by Crippen LogP contribution is 2.20. The molecular weight excluding hydrogens is 307 g/mol. The number of benzene rings is 1. The highest BCUT2D eigenvalue weighted by Gasteiger charge is 2.16. The van der Waals surface area contributed by atoms with Gasteiger partial charge in [0.25, 0.3) is 0 Å². The van der Waals surface area contributed by atoms with E-state index in [0.717, 1.165) is 24.6 Å². The molecule has 3 nitrogen and oxygen atoms in total. The minimum absolute atomic E-state index is 0.160. The van der Waals surface area contributed by atoms with Gasteiger partial charge in [-0.05, 0) is 34.1 Å². The lowest BCUT2D eigenvalue weighted by molar-refractivity contribution is 0.217. The molecule has 0 aromatic heterocycles. The summed E-state index contributed by atoms with van der Waals surface area (Å²) in [6, 6.07) is 4.40. The summed E-state index contributed by atoms with van der Waals surface area (Å²) < 4.78 is 13.7. The predicted octanol–water partition coefficient (Wildman–Crippen LogP) is 3.17. The highest BCUT2D eigenvalue weighted by molar-refractivity contribution is 9.10. The molecule has 0 aliphatic carbocycles. The molecule has 1 fully saturated rings. The Bertz CT molecular complexity index is 424. The minimum atomic E-state index is -0.378. The van der Waals surface area contributed by atoms with Crippen molar-refractivity contribution in [3.05, 3.63) is 28.5 Å². The van der Waals surface area contributed by atoms with Gasteiger partial charge in [0.1, 0.15) is 5.82 Å². The number of hydrogen-bond donors (Lipinski definition) is 1. The molecule has 92 valence electrons. The van der Waals surface area contributed by atoms with Gasteiger partial charge in [0.05, 0.1) is 4.47 Å². The summed E-state index contributed by atoms with van der Waals surface area (Å²) >= 11 is 4.91. The van der Waals surface area contributed by atoms with Gasteiger partial charge in [-0.15, -0.1) is 0 Å². The van der Waals surface area contributed by atoms with Crippen LogP contribution in [0.2, 0.25) is 0 Å². The first-order valence-corrected chi connectivity index (χ1v) is 7.20. The number of anilines is 1. The fourth-order valence-corrected chi connectivity index (χ4v) is 2.69. The van der Waals surface area contributed by atoms with Crippen LogP contribution in [0.25, 0.3) is 0 Å². The maximum atomic E-state index is 13.3. The normalized spacial score (nSPS) is 15.8. The first-order valence-electron chi connectivity index (χ1n) is 5.25. The van der Waals surface area contributed by atoms with E-state index in [-0.39, 0.29) is 11.8 Å². The van der Waals surface area contributed by atoms with Crippen molar-refractivity contribution in [2.45, 2.75) is 0 Å². The Morgan fingerprint density at radius 3 is 2.76 bits per heavy atom. The third kappa shape index (κ3) is 3.35. The SMILES string of the molecule is O=C(Nc1ccc(Br)c(F)c1)N1CCSCC1. The number of thioether (sulfide) groups is 1. The Morgan fingerprint density at radius 2 is 2.12 bits per heavy atom. The fraction of sp³-hybridized carbons (Fsp3) is 0.364. The van der Waals surface area contributed by atoms with Crippen LogP contribution >= 0.6 is 27.7 Å². The number of nitrogens with one attached hydrogen (secondary N) is 1. The Labute approximate surface area is 112 Å². The van der Waals surface area contributed by atoms with Crippen molar-refractivity contribution in [2.24, 2.45) is 0 Å². The topological polar surface area (TPSA) is 32.3 Å². The minimum Gasteiger partial charge on any atom is -0.323 e. The molecule has 0 radical (unpaired) electrons. The summed E-state index contributed by atoms with van der Waals surface area (Å²) in [4.78, 5) is 13.6. The number of carbonyl (C=O) groups is 1. The van der Waals surface area contributed by atoms with Gasteiger partial charge in [-0.2, -0.15) is 11.8 Å². The molecule has 17 heavy (non-hydrogen) atoms. The van der Waals surface area contributed by atoms with Gasteiger partial charge in [-0.25, -0.2) is 9.18 Å². The van der Waals surface area contributed by atoms with E-state index < -0.39 is 0 Å². The predicted molar refractivity (Wildman–Crippen MR) is 72.0 cm³/mol. The summed E-state index contributed by atoms with van der Waals surface area (Å²) in [5.74, 6) is 1.54. The Hall–Kier alpha value is -0.750. The van der Waals surface area contributed by atoms with E-state index >= 15 is 0 Å². The van der Waals surface area contributed by atoms with Crippen molar-refractivity contribution < 1.29 is 9.18 Å². The summed E-state index contributed by atoms with van der Waals surface area (Å²) in [7, 11) is 0. The third-order valence-electron chi connectivity index (χ3n) is 2.47. The number of halogens is 2. The third-order valence-corrected chi connectivity index (χ3v) is 4.05. The van der Waals surface area contributed by atoms with Crippen LogP contribution in [0.4, 0.5) is 14.9 Å². The smallest absolute Gasteiger partial charge is 0.321 e. The summed E-state index contributed by atoms with van der Waals surface area (Å²) in [5, 5.41) is 2.70. The van der Waals surface area contributed by atoms with E-state index in [1.165, 1.54) is 6.07 Å². The van der Waals surface area contributed by atoms with Crippen LogP contribution in [0.3, 0.4) is 0 Å². The van der Waals surface area contributed by atoms with Gasteiger partial charge in [0.15, 0.2) is 0 Å². The maximum Gasteiger partial charge on any atom is 0.321 e. The van der Waals surface area contributed by atoms with E-state index in [4.69, 9.17) is 0 Å². The molecule has 1 saturated heterocycles. The number of carbonyl (C=O) groups excluding carboxylic acids is 1. The maximum absolute atomic E-state index is 13.3.